The molecule has 0 spiro atoms. The van der Waals surface area contributed by atoms with Crippen LogP contribution in [-0.4, -0.2) is 0 Å². The molecular weight excluding hydrogens is 196 g/mol. The Balaban J connectivity index is 2.43. The van der Waals surface area contributed by atoms with Gasteiger partial charge in [-0.2, -0.15) is 10.5 Å². The maximum Gasteiger partial charge on any atom is 0.0835 e. The maximum absolute atomic E-state index is 9.46. The van der Waals surface area contributed by atoms with E-state index in [2.05, 4.69) is 24.3 Å². The Morgan fingerprint density at radius 2 is 2.06 bits per heavy atom. The SMILES string of the molecule is N#CCCC1(C#N)CCCc2ccccc21. The molecule has 0 aromatic heterocycles. The Labute approximate surface area is 96.1 Å². The number of hydrogen-bond acceptors (Lipinski definition) is 2. The highest BCUT2D eigenvalue weighted by Crippen LogP contribution is 2.40. The van der Waals surface area contributed by atoms with Crippen molar-refractivity contribution in [3.05, 3.63) is 35.4 Å². The summed E-state index contributed by atoms with van der Waals surface area (Å²) in [6.45, 7) is 0. The van der Waals surface area contributed by atoms with Crippen molar-refractivity contribution in [2.24, 2.45) is 0 Å². The van der Waals surface area contributed by atoms with E-state index in [1.165, 1.54) is 5.56 Å². The first-order valence-electron chi connectivity index (χ1n) is 5.69. The third-order valence-electron chi connectivity index (χ3n) is 3.46. The van der Waals surface area contributed by atoms with Crippen molar-refractivity contribution in [2.45, 2.75) is 37.5 Å². The molecule has 1 aliphatic rings. The molecule has 0 saturated heterocycles. The Morgan fingerprint density at radius 1 is 1.25 bits per heavy atom. The quantitative estimate of drug-likeness (QED) is 0.753. The minimum Gasteiger partial charge on any atom is -0.198 e. The van der Waals surface area contributed by atoms with Crippen LogP contribution in [0.25, 0.3) is 0 Å². The van der Waals surface area contributed by atoms with Crippen molar-refractivity contribution in [2.75, 3.05) is 0 Å². The molecule has 1 atom stereocenters. The lowest BCUT2D eigenvalue weighted by atomic mass is 9.68. The zero-order valence-electron chi connectivity index (χ0n) is 9.24. The molecule has 1 unspecified atom stereocenters. The fraction of sp³-hybridized carbons (Fsp3) is 0.429. The molecule has 0 bridgehead atoms. The lowest BCUT2D eigenvalue weighted by Gasteiger charge is -2.32. The van der Waals surface area contributed by atoms with Crippen molar-refractivity contribution in [3.63, 3.8) is 0 Å². The van der Waals surface area contributed by atoms with Gasteiger partial charge >= 0.3 is 0 Å². The van der Waals surface area contributed by atoms with E-state index in [0.29, 0.717) is 12.8 Å². The van der Waals surface area contributed by atoms with E-state index in [0.717, 1.165) is 24.8 Å². The van der Waals surface area contributed by atoms with Crippen LogP contribution in [0.2, 0.25) is 0 Å². The molecule has 0 fully saturated rings. The second-order valence-corrected chi connectivity index (χ2v) is 4.36. The van der Waals surface area contributed by atoms with Gasteiger partial charge in [-0.1, -0.05) is 24.3 Å². The molecule has 2 rings (SSSR count). The van der Waals surface area contributed by atoms with Crippen LogP contribution in [0.15, 0.2) is 24.3 Å². The second-order valence-electron chi connectivity index (χ2n) is 4.36. The lowest BCUT2D eigenvalue weighted by molar-refractivity contribution is 0.428. The highest BCUT2D eigenvalue weighted by molar-refractivity contribution is 5.41. The molecule has 80 valence electrons. The number of fused-ring (bicyclic) bond motifs is 1. The Hall–Kier alpha value is -1.80. The number of hydrogen-bond donors (Lipinski definition) is 0. The predicted octanol–water partition coefficient (Wildman–Crippen LogP) is 3.09. The molecule has 16 heavy (non-hydrogen) atoms. The average Bonchev–Trinajstić information content (AvgIpc) is 2.36. The summed E-state index contributed by atoms with van der Waals surface area (Å²) in [6, 6.07) is 12.8. The van der Waals surface area contributed by atoms with E-state index >= 15 is 0 Å². The van der Waals surface area contributed by atoms with Crippen molar-refractivity contribution in [1.29, 1.82) is 10.5 Å². The van der Waals surface area contributed by atoms with Gasteiger partial charge in [-0.15, -0.1) is 0 Å². The molecule has 1 aromatic carbocycles. The standard InChI is InChI=1S/C14H14N2/c15-10-4-9-14(11-16)8-3-6-12-5-1-2-7-13(12)14/h1-2,5,7H,3-4,6,8-9H2. The van der Waals surface area contributed by atoms with Crippen LogP contribution >= 0.6 is 0 Å². The Bertz CT molecular complexity index is 464. The molecule has 0 aliphatic heterocycles. The fourth-order valence-electron chi connectivity index (χ4n) is 2.62. The van der Waals surface area contributed by atoms with Crippen molar-refractivity contribution >= 4 is 0 Å². The van der Waals surface area contributed by atoms with Crippen LogP contribution in [0.5, 0.6) is 0 Å². The molecule has 0 amide bonds. The van der Waals surface area contributed by atoms with Gasteiger partial charge in [-0.3, -0.25) is 0 Å². The summed E-state index contributed by atoms with van der Waals surface area (Å²) < 4.78 is 0. The highest BCUT2D eigenvalue weighted by atomic mass is 14.4. The third kappa shape index (κ3) is 1.68. The van der Waals surface area contributed by atoms with Crippen LogP contribution in [0.4, 0.5) is 0 Å². The van der Waals surface area contributed by atoms with Gasteiger partial charge < -0.3 is 0 Å². The smallest absolute Gasteiger partial charge is 0.0835 e. The minimum absolute atomic E-state index is 0.412. The van der Waals surface area contributed by atoms with Crippen LogP contribution in [0.3, 0.4) is 0 Å². The summed E-state index contributed by atoms with van der Waals surface area (Å²) >= 11 is 0. The monoisotopic (exact) mass is 210 g/mol. The van der Waals surface area contributed by atoms with Gasteiger partial charge in [0.25, 0.3) is 0 Å². The van der Waals surface area contributed by atoms with Crippen LogP contribution < -0.4 is 0 Å². The van der Waals surface area contributed by atoms with Crippen molar-refractivity contribution in [1.82, 2.24) is 0 Å². The molecule has 2 heteroatoms. The summed E-state index contributed by atoms with van der Waals surface area (Å²) in [5.74, 6) is 0. The molecule has 0 N–H and O–H groups in total. The van der Waals surface area contributed by atoms with Gasteiger partial charge in [-0.05, 0) is 36.8 Å². The Kier molecular flexibility index (Phi) is 2.93. The molecule has 1 aromatic rings. The summed E-state index contributed by atoms with van der Waals surface area (Å²) in [5, 5.41) is 18.2. The van der Waals surface area contributed by atoms with E-state index < -0.39 is 5.41 Å². The first-order chi connectivity index (χ1) is 7.82. The highest BCUT2D eigenvalue weighted by Gasteiger charge is 2.35. The fourth-order valence-corrected chi connectivity index (χ4v) is 2.62. The summed E-state index contributed by atoms with van der Waals surface area (Å²) in [7, 11) is 0. The third-order valence-corrected chi connectivity index (χ3v) is 3.46. The van der Waals surface area contributed by atoms with Crippen molar-refractivity contribution < 1.29 is 0 Å². The summed E-state index contributed by atoms with van der Waals surface area (Å²) in [6.07, 6.45) is 4.13. The van der Waals surface area contributed by atoms with E-state index in [9.17, 15) is 5.26 Å². The summed E-state index contributed by atoms with van der Waals surface area (Å²) in [5.41, 5.74) is 2.03. The number of aryl methyl sites for hydroxylation is 1. The molecule has 0 saturated carbocycles. The number of nitrogens with zero attached hydrogens (tertiary/aromatic N) is 2. The second kappa shape index (κ2) is 4.37. The number of rotatable bonds is 2. The Morgan fingerprint density at radius 3 is 2.81 bits per heavy atom. The zero-order valence-corrected chi connectivity index (χ0v) is 9.24. The van der Waals surface area contributed by atoms with Gasteiger partial charge in [0.2, 0.25) is 0 Å². The molecule has 0 heterocycles. The van der Waals surface area contributed by atoms with Crippen LogP contribution in [0, 0.1) is 22.7 Å². The van der Waals surface area contributed by atoms with E-state index in [-0.39, 0.29) is 0 Å². The first kappa shape index (κ1) is 10.7. The van der Waals surface area contributed by atoms with Gasteiger partial charge in [0.05, 0.1) is 17.6 Å². The summed E-state index contributed by atoms with van der Waals surface area (Å²) in [4.78, 5) is 0. The van der Waals surface area contributed by atoms with E-state index in [4.69, 9.17) is 5.26 Å². The van der Waals surface area contributed by atoms with Crippen molar-refractivity contribution in [3.8, 4) is 12.1 Å². The molecule has 1 aliphatic carbocycles. The maximum atomic E-state index is 9.46. The van der Waals surface area contributed by atoms with Gasteiger partial charge in [0.15, 0.2) is 0 Å². The normalized spacial score (nSPS) is 22.9. The van der Waals surface area contributed by atoms with E-state index in [1.807, 2.05) is 12.1 Å². The largest absolute Gasteiger partial charge is 0.198 e. The minimum atomic E-state index is -0.412. The first-order valence-corrected chi connectivity index (χ1v) is 5.69. The molecular formula is C14H14N2. The average molecular weight is 210 g/mol. The topological polar surface area (TPSA) is 47.6 Å². The molecule has 0 radical (unpaired) electrons. The van der Waals surface area contributed by atoms with Crippen LogP contribution in [0.1, 0.15) is 36.8 Å². The molecule has 2 nitrogen and oxygen atoms in total. The van der Waals surface area contributed by atoms with Crippen LogP contribution in [-0.2, 0) is 11.8 Å². The predicted molar refractivity (Wildman–Crippen MR) is 61.5 cm³/mol. The van der Waals surface area contributed by atoms with E-state index in [1.54, 1.807) is 0 Å². The lowest BCUT2D eigenvalue weighted by Crippen LogP contribution is -2.29. The van der Waals surface area contributed by atoms with Gasteiger partial charge in [0, 0.05) is 6.42 Å². The number of nitriles is 2. The van der Waals surface area contributed by atoms with Gasteiger partial charge in [0.1, 0.15) is 0 Å². The number of benzene rings is 1. The van der Waals surface area contributed by atoms with Gasteiger partial charge in [-0.25, -0.2) is 0 Å². The zero-order chi connectivity index (χ0) is 11.4.